The van der Waals surface area contributed by atoms with E-state index < -0.39 is 5.97 Å². The first kappa shape index (κ1) is 19.3. The van der Waals surface area contributed by atoms with Crippen LogP contribution in [0.25, 0.3) is 0 Å². The van der Waals surface area contributed by atoms with Crippen LogP contribution in [0, 0.1) is 0 Å². The third kappa shape index (κ3) is 5.49. The van der Waals surface area contributed by atoms with Gasteiger partial charge in [-0.05, 0) is 0 Å². The van der Waals surface area contributed by atoms with E-state index in [0.717, 1.165) is 10.9 Å². The minimum absolute atomic E-state index is 0.0445. The fraction of sp³-hybridized carbons (Fsp3) is 0.316. The van der Waals surface area contributed by atoms with E-state index in [2.05, 4.69) is 12.1 Å². The van der Waals surface area contributed by atoms with Gasteiger partial charge in [0.15, 0.2) is 0 Å². The van der Waals surface area contributed by atoms with E-state index in [0.29, 0.717) is 23.7 Å². The number of hydrogen-bond acceptors (Lipinski definition) is 5. The van der Waals surface area contributed by atoms with Crippen molar-refractivity contribution in [2.75, 3.05) is 27.6 Å². The van der Waals surface area contributed by atoms with Gasteiger partial charge in [0.1, 0.15) is 0 Å². The van der Waals surface area contributed by atoms with Gasteiger partial charge >= 0.3 is 154 Å². The molecule has 0 atom stereocenters. The Bertz CT molecular complexity index is 688. The van der Waals surface area contributed by atoms with Crippen molar-refractivity contribution in [3.05, 3.63) is 53.6 Å². The van der Waals surface area contributed by atoms with Crippen LogP contribution < -0.4 is 13.9 Å². The second-order valence-corrected chi connectivity index (χ2v) is 7.23. The molecule has 0 amide bonds. The van der Waals surface area contributed by atoms with Crippen molar-refractivity contribution in [2.45, 2.75) is 12.2 Å². The summed E-state index contributed by atoms with van der Waals surface area (Å²) in [6.07, 6.45) is 0. The summed E-state index contributed by atoms with van der Waals surface area (Å²) in [5, 5.41) is 0.728. The van der Waals surface area contributed by atoms with E-state index in [-0.39, 0.29) is 21.7 Å². The van der Waals surface area contributed by atoms with Crippen LogP contribution >= 0.6 is 0 Å². The monoisotopic (exact) mass is 410 g/mol. The summed E-state index contributed by atoms with van der Waals surface area (Å²) in [6, 6.07) is 13.8. The van der Waals surface area contributed by atoms with Crippen molar-refractivity contribution >= 4 is 25.4 Å². The molecule has 5 nitrogen and oxygen atoms in total. The Morgan fingerprint density at radius 3 is 2.52 bits per heavy atom. The van der Waals surface area contributed by atoms with E-state index in [1.54, 1.807) is 20.1 Å². The van der Waals surface area contributed by atoms with Crippen molar-refractivity contribution in [3.8, 4) is 11.5 Å². The van der Waals surface area contributed by atoms with Crippen LogP contribution in [-0.4, -0.2) is 48.5 Å². The van der Waals surface area contributed by atoms with E-state index >= 15 is 0 Å². The summed E-state index contributed by atoms with van der Waals surface area (Å²) in [5.41, 5.74) is 1.30. The molecule has 2 rings (SSSR count). The summed E-state index contributed by atoms with van der Waals surface area (Å²) >= 11 is 0.174. The molecule has 0 aliphatic rings. The molecule has 6 heteroatoms. The molecule has 0 heterocycles. The van der Waals surface area contributed by atoms with Gasteiger partial charge in [-0.15, -0.1) is 0 Å². The normalized spacial score (nSPS) is 10.4. The van der Waals surface area contributed by atoms with Crippen LogP contribution in [0.3, 0.4) is 0 Å². The van der Waals surface area contributed by atoms with Crippen molar-refractivity contribution in [3.63, 3.8) is 0 Å². The third-order valence-corrected chi connectivity index (χ3v) is 5.57. The molecule has 25 heavy (non-hydrogen) atoms. The topological polar surface area (TPSA) is 54.0 Å². The molecule has 0 unspecified atom stereocenters. The van der Waals surface area contributed by atoms with Crippen LogP contribution in [0.15, 0.2) is 42.5 Å². The average Bonchev–Trinajstić information content (AvgIpc) is 2.65. The molecular formula is C19H22O5Se. The van der Waals surface area contributed by atoms with Crippen molar-refractivity contribution < 1.29 is 23.7 Å². The predicted octanol–water partition coefficient (Wildman–Crippen LogP) is 2.38. The quantitative estimate of drug-likeness (QED) is 0.362. The molecule has 0 bridgehead atoms. The maximum absolute atomic E-state index is 12.5. The molecule has 0 radical (unpaired) electrons. The third-order valence-electron chi connectivity index (χ3n) is 3.34. The van der Waals surface area contributed by atoms with Crippen molar-refractivity contribution in [2.24, 2.45) is 0 Å². The van der Waals surface area contributed by atoms with Gasteiger partial charge in [0.2, 0.25) is 0 Å². The van der Waals surface area contributed by atoms with E-state index in [9.17, 15) is 4.79 Å². The zero-order chi connectivity index (χ0) is 18.1. The molecule has 0 saturated carbocycles. The van der Waals surface area contributed by atoms with E-state index in [1.165, 1.54) is 11.6 Å². The summed E-state index contributed by atoms with van der Waals surface area (Å²) in [5.74, 6) is 0.659. The van der Waals surface area contributed by atoms with Gasteiger partial charge in [-0.1, -0.05) is 0 Å². The number of carbonyl (C=O) groups excluding carboxylic acids is 1. The summed E-state index contributed by atoms with van der Waals surface area (Å²) < 4.78 is 22.4. The van der Waals surface area contributed by atoms with Crippen molar-refractivity contribution in [1.82, 2.24) is 0 Å². The molecular weight excluding hydrogens is 387 g/mol. The molecule has 0 aliphatic heterocycles. The fourth-order valence-corrected chi connectivity index (χ4v) is 4.11. The first-order valence-corrected chi connectivity index (χ1v) is 9.94. The molecule has 2 aromatic rings. The minimum atomic E-state index is -0.393. The van der Waals surface area contributed by atoms with Crippen molar-refractivity contribution in [1.29, 1.82) is 0 Å². The number of hydrogen-bond donors (Lipinski definition) is 0. The number of methoxy groups -OCH3 is 2. The Morgan fingerprint density at radius 2 is 1.88 bits per heavy atom. The standard InChI is InChI=1S/C19H22O5Se/c1-4-23-19(20)18-14(12-25-16-8-6-5-7-9-16)10-15(22-3)11-17(18)24-13-21-2/h5-11H,4,12-13H2,1-3H3. The van der Waals surface area contributed by atoms with E-state index in [1.807, 2.05) is 24.3 Å². The fourth-order valence-electron chi connectivity index (χ4n) is 2.23. The Balaban J connectivity index is 2.37. The number of carbonyl (C=O) groups is 1. The van der Waals surface area contributed by atoms with Crippen LogP contribution in [0.5, 0.6) is 11.5 Å². The Kier molecular flexibility index (Phi) is 7.79. The summed E-state index contributed by atoms with van der Waals surface area (Å²) in [6.45, 7) is 2.13. The Labute approximate surface area is 154 Å². The van der Waals surface area contributed by atoms with Gasteiger partial charge in [-0.3, -0.25) is 0 Å². The van der Waals surface area contributed by atoms with Crippen LogP contribution in [-0.2, 0) is 14.8 Å². The molecule has 0 aromatic heterocycles. The van der Waals surface area contributed by atoms with Gasteiger partial charge in [0, 0.05) is 0 Å². The number of benzene rings is 2. The first-order valence-electron chi connectivity index (χ1n) is 7.87. The molecule has 0 saturated heterocycles. The Morgan fingerprint density at radius 1 is 1.12 bits per heavy atom. The zero-order valence-corrected chi connectivity index (χ0v) is 16.3. The van der Waals surface area contributed by atoms with Gasteiger partial charge in [0.05, 0.1) is 0 Å². The van der Waals surface area contributed by atoms with Crippen LogP contribution in [0.1, 0.15) is 22.8 Å². The van der Waals surface area contributed by atoms with Gasteiger partial charge in [-0.2, -0.15) is 0 Å². The molecule has 0 N–H and O–H groups in total. The molecule has 0 spiro atoms. The second kappa shape index (κ2) is 10.1. The maximum atomic E-state index is 12.5. The van der Waals surface area contributed by atoms with Gasteiger partial charge in [-0.25, -0.2) is 0 Å². The molecule has 134 valence electrons. The number of ether oxygens (including phenoxy) is 4. The SMILES string of the molecule is CCOC(=O)c1c(C[Se]c2ccccc2)cc(OC)cc1OCOC. The van der Waals surface area contributed by atoms with E-state index in [4.69, 9.17) is 18.9 Å². The average molecular weight is 409 g/mol. The zero-order valence-electron chi connectivity index (χ0n) is 14.6. The number of esters is 1. The first-order chi connectivity index (χ1) is 12.2. The second-order valence-electron chi connectivity index (χ2n) is 5.03. The Hall–Kier alpha value is -2.01. The van der Waals surface area contributed by atoms with Crippen LogP contribution in [0.4, 0.5) is 0 Å². The number of rotatable bonds is 9. The predicted molar refractivity (Wildman–Crippen MR) is 97.0 cm³/mol. The van der Waals surface area contributed by atoms with Crippen LogP contribution in [0.2, 0.25) is 0 Å². The molecule has 0 aliphatic carbocycles. The van der Waals surface area contributed by atoms with Gasteiger partial charge < -0.3 is 0 Å². The van der Waals surface area contributed by atoms with Gasteiger partial charge in [0.25, 0.3) is 0 Å². The molecule has 2 aromatic carbocycles. The summed E-state index contributed by atoms with van der Waals surface area (Å²) in [7, 11) is 3.12. The molecule has 0 fully saturated rings. The summed E-state index contributed by atoms with van der Waals surface area (Å²) in [4.78, 5) is 12.5.